The van der Waals surface area contributed by atoms with Gasteiger partial charge in [-0.2, -0.15) is 0 Å². The maximum Gasteiger partial charge on any atom is 0.255 e. The molecule has 7 nitrogen and oxygen atoms in total. The lowest BCUT2D eigenvalue weighted by Crippen LogP contribution is -2.27. The molecule has 0 unspecified atom stereocenters. The van der Waals surface area contributed by atoms with Crippen LogP contribution in [0.25, 0.3) is 11.3 Å². The number of aromatic nitrogens is 2. The zero-order chi connectivity index (χ0) is 28.3. The smallest absolute Gasteiger partial charge is 0.255 e. The molecule has 1 aromatic heterocycles. The molecule has 0 radical (unpaired) electrons. The van der Waals surface area contributed by atoms with Crippen molar-refractivity contribution in [3.63, 3.8) is 0 Å². The molecule has 1 aliphatic heterocycles. The lowest BCUT2D eigenvalue weighted by atomic mass is 9.86. The number of benzene rings is 3. The Morgan fingerprint density at radius 2 is 1.52 bits per heavy atom. The first-order chi connectivity index (χ1) is 19.2. The molecular formula is C33H35N5O2. The van der Waals surface area contributed by atoms with Crippen molar-refractivity contribution in [1.29, 1.82) is 0 Å². The molecule has 1 aliphatic rings. The number of rotatable bonds is 6. The summed E-state index contributed by atoms with van der Waals surface area (Å²) in [5, 5.41) is 6.29. The van der Waals surface area contributed by atoms with E-state index in [0.717, 1.165) is 54.1 Å². The average Bonchev–Trinajstić information content (AvgIpc) is 3.49. The molecule has 0 bridgehead atoms. The van der Waals surface area contributed by atoms with E-state index in [0.29, 0.717) is 17.1 Å². The van der Waals surface area contributed by atoms with Crippen LogP contribution in [0.5, 0.6) is 0 Å². The summed E-state index contributed by atoms with van der Waals surface area (Å²) in [6.45, 7) is 10.1. The fourth-order valence-electron chi connectivity index (χ4n) is 4.86. The summed E-state index contributed by atoms with van der Waals surface area (Å²) in [6.07, 6.45) is 3.84. The van der Waals surface area contributed by atoms with Crippen LogP contribution in [0.4, 0.5) is 17.3 Å². The highest BCUT2D eigenvalue weighted by atomic mass is 16.2. The first-order valence-corrected chi connectivity index (χ1v) is 13.7. The first kappa shape index (κ1) is 27.1. The molecule has 1 saturated heterocycles. The number of hydrogen-bond donors (Lipinski definition) is 2. The molecule has 204 valence electrons. The van der Waals surface area contributed by atoms with Gasteiger partial charge in [-0.15, -0.1) is 0 Å². The van der Waals surface area contributed by atoms with Gasteiger partial charge in [-0.05, 0) is 84.8 Å². The van der Waals surface area contributed by atoms with Crippen LogP contribution in [-0.4, -0.2) is 39.8 Å². The Hall–Kier alpha value is -4.52. The van der Waals surface area contributed by atoms with Gasteiger partial charge in [0.2, 0.25) is 5.95 Å². The molecule has 2 heterocycles. The number of anilines is 3. The number of nitrogens with one attached hydrogen (secondary N) is 2. The Morgan fingerprint density at radius 1 is 0.850 bits per heavy atom. The van der Waals surface area contributed by atoms with Gasteiger partial charge in [-0.25, -0.2) is 9.97 Å². The van der Waals surface area contributed by atoms with Crippen molar-refractivity contribution in [2.24, 2.45) is 0 Å². The van der Waals surface area contributed by atoms with Crippen molar-refractivity contribution >= 4 is 29.1 Å². The molecule has 5 rings (SSSR count). The highest BCUT2D eigenvalue weighted by Gasteiger charge is 2.19. The van der Waals surface area contributed by atoms with E-state index in [9.17, 15) is 9.59 Å². The number of carbonyl (C=O) groups excluding carboxylic acids is 2. The highest BCUT2D eigenvalue weighted by molar-refractivity contribution is 6.05. The Balaban J connectivity index is 1.30. The SMILES string of the molecule is Cc1c(NC(=O)c2ccc(C(C)(C)C)cc2)cccc1-c1ccnc(Nc2ccc(C(=O)N3CCCC3)cc2)n1. The molecule has 0 atom stereocenters. The van der Waals surface area contributed by atoms with E-state index in [1.54, 1.807) is 6.20 Å². The molecule has 2 N–H and O–H groups in total. The Kier molecular flexibility index (Phi) is 7.65. The zero-order valence-corrected chi connectivity index (χ0v) is 23.5. The van der Waals surface area contributed by atoms with Gasteiger partial charge in [0, 0.05) is 47.4 Å². The molecule has 0 saturated carbocycles. The van der Waals surface area contributed by atoms with E-state index in [1.165, 1.54) is 5.56 Å². The van der Waals surface area contributed by atoms with E-state index >= 15 is 0 Å². The molecule has 2 amide bonds. The summed E-state index contributed by atoms with van der Waals surface area (Å²) < 4.78 is 0. The lowest BCUT2D eigenvalue weighted by molar-refractivity contribution is 0.0792. The van der Waals surface area contributed by atoms with Gasteiger partial charge in [0.15, 0.2) is 0 Å². The van der Waals surface area contributed by atoms with Crippen LogP contribution in [0.15, 0.2) is 79.0 Å². The van der Waals surface area contributed by atoms with Crippen LogP contribution in [0.1, 0.15) is 65.5 Å². The van der Waals surface area contributed by atoms with E-state index < -0.39 is 0 Å². The second-order valence-electron chi connectivity index (χ2n) is 11.2. The highest BCUT2D eigenvalue weighted by Crippen LogP contribution is 2.29. The zero-order valence-electron chi connectivity index (χ0n) is 23.5. The van der Waals surface area contributed by atoms with Crippen molar-refractivity contribution in [2.75, 3.05) is 23.7 Å². The predicted octanol–water partition coefficient (Wildman–Crippen LogP) is 6.98. The number of nitrogens with zero attached hydrogens (tertiary/aromatic N) is 3. The number of carbonyl (C=O) groups is 2. The van der Waals surface area contributed by atoms with Crippen LogP contribution in [0.2, 0.25) is 0 Å². The van der Waals surface area contributed by atoms with E-state index in [4.69, 9.17) is 4.98 Å². The van der Waals surface area contributed by atoms with Crippen LogP contribution in [0.3, 0.4) is 0 Å². The third-order valence-corrected chi connectivity index (χ3v) is 7.31. The fourth-order valence-corrected chi connectivity index (χ4v) is 4.86. The summed E-state index contributed by atoms with van der Waals surface area (Å²) in [6, 6.07) is 22.8. The second-order valence-corrected chi connectivity index (χ2v) is 11.2. The maximum absolute atomic E-state index is 13.0. The standard InChI is InChI=1S/C33H35N5O2/c1-22-27(8-7-9-28(22)36-30(39)23-10-14-25(15-11-23)33(2,3)4)29-18-19-34-32(37-29)35-26-16-12-24(13-17-26)31(40)38-20-5-6-21-38/h7-19H,5-6,20-21H2,1-4H3,(H,36,39)(H,34,35,37). The lowest BCUT2D eigenvalue weighted by Gasteiger charge is -2.19. The van der Waals surface area contributed by atoms with Crippen molar-refractivity contribution in [1.82, 2.24) is 14.9 Å². The van der Waals surface area contributed by atoms with Gasteiger partial charge in [-0.1, -0.05) is 45.0 Å². The Morgan fingerprint density at radius 3 is 2.20 bits per heavy atom. The van der Waals surface area contributed by atoms with E-state index in [-0.39, 0.29) is 17.2 Å². The molecular weight excluding hydrogens is 498 g/mol. The maximum atomic E-state index is 13.0. The van der Waals surface area contributed by atoms with Gasteiger partial charge < -0.3 is 15.5 Å². The summed E-state index contributed by atoms with van der Waals surface area (Å²) in [5.41, 5.74) is 6.58. The van der Waals surface area contributed by atoms with Gasteiger partial charge in [0.1, 0.15) is 0 Å². The summed E-state index contributed by atoms with van der Waals surface area (Å²) in [5.74, 6) is 0.368. The second kappa shape index (κ2) is 11.3. The van der Waals surface area contributed by atoms with Crippen LogP contribution >= 0.6 is 0 Å². The van der Waals surface area contributed by atoms with Gasteiger partial charge in [0.05, 0.1) is 5.69 Å². The van der Waals surface area contributed by atoms with Gasteiger partial charge >= 0.3 is 0 Å². The quantitative estimate of drug-likeness (QED) is 0.279. The Bertz CT molecular complexity index is 1520. The van der Waals surface area contributed by atoms with Gasteiger partial charge in [0.25, 0.3) is 11.8 Å². The Labute approximate surface area is 235 Å². The molecule has 1 fully saturated rings. The summed E-state index contributed by atoms with van der Waals surface area (Å²) >= 11 is 0. The monoisotopic (exact) mass is 533 g/mol. The number of amides is 2. The van der Waals surface area contributed by atoms with E-state index in [2.05, 4.69) is 36.4 Å². The predicted molar refractivity (Wildman–Crippen MR) is 160 cm³/mol. The minimum atomic E-state index is -0.155. The van der Waals surface area contributed by atoms with Crippen molar-refractivity contribution in [3.8, 4) is 11.3 Å². The average molecular weight is 534 g/mol. The van der Waals surface area contributed by atoms with Crippen molar-refractivity contribution in [3.05, 3.63) is 101 Å². The molecule has 0 spiro atoms. The summed E-state index contributed by atoms with van der Waals surface area (Å²) in [4.78, 5) is 36.6. The van der Waals surface area contributed by atoms with Crippen molar-refractivity contribution in [2.45, 2.75) is 46.0 Å². The number of likely N-dealkylation sites (tertiary alicyclic amines) is 1. The van der Waals surface area contributed by atoms with Crippen LogP contribution < -0.4 is 10.6 Å². The van der Waals surface area contributed by atoms with E-state index in [1.807, 2.05) is 84.6 Å². The summed E-state index contributed by atoms with van der Waals surface area (Å²) in [7, 11) is 0. The first-order valence-electron chi connectivity index (χ1n) is 13.7. The third-order valence-electron chi connectivity index (χ3n) is 7.31. The molecule has 4 aromatic rings. The fraction of sp³-hybridized carbons (Fsp3) is 0.273. The third kappa shape index (κ3) is 6.04. The van der Waals surface area contributed by atoms with Crippen molar-refractivity contribution < 1.29 is 9.59 Å². The van der Waals surface area contributed by atoms with Crippen LogP contribution in [-0.2, 0) is 5.41 Å². The number of hydrogen-bond acceptors (Lipinski definition) is 5. The minimum Gasteiger partial charge on any atom is -0.339 e. The molecule has 40 heavy (non-hydrogen) atoms. The topological polar surface area (TPSA) is 87.2 Å². The molecule has 7 heteroatoms. The van der Waals surface area contributed by atoms with Crippen LogP contribution in [0, 0.1) is 6.92 Å². The molecule has 3 aromatic carbocycles. The largest absolute Gasteiger partial charge is 0.339 e. The minimum absolute atomic E-state index is 0.0288. The van der Waals surface area contributed by atoms with Gasteiger partial charge in [-0.3, -0.25) is 9.59 Å². The molecule has 0 aliphatic carbocycles. The normalized spacial score (nSPS) is 13.2.